The first-order chi connectivity index (χ1) is 18.8. The van der Waals surface area contributed by atoms with Crippen molar-refractivity contribution in [3.8, 4) is 23.3 Å². The second kappa shape index (κ2) is 12.0. The highest BCUT2D eigenvalue weighted by molar-refractivity contribution is 7.07. The maximum absolute atomic E-state index is 13.8. The van der Waals surface area contributed by atoms with E-state index in [4.69, 9.17) is 24.2 Å². The zero-order valence-corrected chi connectivity index (χ0v) is 23.2. The maximum atomic E-state index is 13.8. The summed E-state index contributed by atoms with van der Waals surface area (Å²) in [5.41, 5.74) is 1.91. The Labute approximate surface area is 229 Å². The predicted octanol–water partition coefficient (Wildman–Crippen LogP) is 3.50. The van der Waals surface area contributed by atoms with E-state index < -0.39 is 12.0 Å². The average molecular weight is 548 g/mol. The normalized spacial score (nSPS) is 14.9. The Balaban J connectivity index is 1.87. The molecule has 0 fully saturated rings. The van der Waals surface area contributed by atoms with E-state index in [2.05, 4.69) is 4.99 Å². The third-order valence-corrected chi connectivity index (χ3v) is 6.85. The molecule has 9 nitrogen and oxygen atoms in total. The lowest BCUT2D eigenvalue weighted by Gasteiger charge is -2.25. The van der Waals surface area contributed by atoms with Gasteiger partial charge in [-0.2, -0.15) is 5.26 Å². The molecule has 1 aromatic heterocycles. The van der Waals surface area contributed by atoms with Gasteiger partial charge in [-0.3, -0.25) is 9.36 Å². The molecule has 1 aliphatic rings. The van der Waals surface area contributed by atoms with Crippen LogP contribution >= 0.6 is 11.3 Å². The highest BCUT2D eigenvalue weighted by Gasteiger charge is 2.34. The summed E-state index contributed by atoms with van der Waals surface area (Å²) >= 11 is 1.24. The van der Waals surface area contributed by atoms with Crippen LogP contribution in [0, 0.1) is 11.3 Å². The monoisotopic (exact) mass is 547 g/mol. The van der Waals surface area contributed by atoms with E-state index in [9.17, 15) is 9.59 Å². The number of carbonyl (C=O) groups is 1. The van der Waals surface area contributed by atoms with Crippen molar-refractivity contribution >= 4 is 23.4 Å². The molecule has 10 heteroatoms. The number of nitrogens with zero attached hydrogens (tertiary/aromatic N) is 3. The molecule has 202 valence electrons. The van der Waals surface area contributed by atoms with Gasteiger partial charge in [0.15, 0.2) is 22.9 Å². The number of carbonyl (C=O) groups excluding carboxylic acids is 1. The summed E-state index contributed by atoms with van der Waals surface area (Å²) in [6.07, 6.45) is 1.70. The van der Waals surface area contributed by atoms with Crippen molar-refractivity contribution in [1.82, 2.24) is 4.57 Å². The minimum atomic E-state index is -0.772. The van der Waals surface area contributed by atoms with Crippen molar-refractivity contribution < 1.29 is 23.7 Å². The van der Waals surface area contributed by atoms with E-state index >= 15 is 0 Å². The van der Waals surface area contributed by atoms with Gasteiger partial charge in [-0.1, -0.05) is 29.5 Å². The first-order valence-corrected chi connectivity index (χ1v) is 13.2. The highest BCUT2D eigenvalue weighted by Crippen LogP contribution is 2.36. The Bertz CT molecular complexity index is 1630. The van der Waals surface area contributed by atoms with Crippen LogP contribution in [0.15, 0.2) is 63.5 Å². The molecular formula is C29H29N3O6S. The fourth-order valence-corrected chi connectivity index (χ4v) is 5.29. The number of hydrogen-bond donors (Lipinski definition) is 0. The molecule has 0 spiro atoms. The minimum absolute atomic E-state index is 0.0462. The number of methoxy groups -OCH3 is 1. The van der Waals surface area contributed by atoms with Gasteiger partial charge in [0.25, 0.3) is 5.56 Å². The molecule has 0 radical (unpaired) electrons. The van der Waals surface area contributed by atoms with Crippen molar-refractivity contribution in [2.24, 2.45) is 4.99 Å². The van der Waals surface area contributed by atoms with Gasteiger partial charge in [-0.15, -0.1) is 0 Å². The summed E-state index contributed by atoms with van der Waals surface area (Å²) in [6, 6.07) is 13.6. The molecule has 1 aliphatic heterocycles. The fraction of sp³-hybridized carbons (Fsp3) is 0.310. The number of esters is 1. The van der Waals surface area contributed by atoms with Gasteiger partial charge < -0.3 is 18.9 Å². The number of rotatable bonds is 9. The van der Waals surface area contributed by atoms with Crippen molar-refractivity contribution in [2.75, 3.05) is 20.3 Å². The highest BCUT2D eigenvalue weighted by atomic mass is 32.1. The average Bonchev–Trinajstić information content (AvgIpc) is 3.21. The van der Waals surface area contributed by atoms with Crippen molar-refractivity contribution in [3.63, 3.8) is 0 Å². The van der Waals surface area contributed by atoms with Gasteiger partial charge in [0.1, 0.15) is 11.8 Å². The molecule has 0 saturated carbocycles. The molecule has 2 aromatic carbocycles. The van der Waals surface area contributed by atoms with E-state index in [-0.39, 0.29) is 30.5 Å². The molecule has 39 heavy (non-hydrogen) atoms. The van der Waals surface area contributed by atoms with Crippen LogP contribution in [0.2, 0.25) is 0 Å². The number of hydrogen-bond acceptors (Lipinski definition) is 9. The van der Waals surface area contributed by atoms with Crippen LogP contribution < -0.4 is 29.1 Å². The largest absolute Gasteiger partial charge is 0.493 e. The van der Waals surface area contributed by atoms with Crippen LogP contribution in [-0.4, -0.2) is 37.0 Å². The maximum Gasteiger partial charge on any atom is 0.338 e. The molecule has 0 amide bonds. The lowest BCUT2D eigenvalue weighted by molar-refractivity contribution is -0.139. The Hall–Kier alpha value is -4.36. The molecule has 0 aliphatic carbocycles. The van der Waals surface area contributed by atoms with Gasteiger partial charge >= 0.3 is 5.97 Å². The van der Waals surface area contributed by atoms with Gasteiger partial charge in [-0.05, 0) is 69.2 Å². The van der Waals surface area contributed by atoms with E-state index in [1.54, 1.807) is 63.4 Å². The Morgan fingerprint density at radius 3 is 2.59 bits per heavy atom. The quantitative estimate of drug-likeness (QED) is 0.377. The van der Waals surface area contributed by atoms with E-state index in [0.717, 1.165) is 5.56 Å². The summed E-state index contributed by atoms with van der Waals surface area (Å²) in [6.45, 7) is 7.45. The van der Waals surface area contributed by atoms with Crippen LogP contribution in [0.3, 0.4) is 0 Å². The Morgan fingerprint density at radius 2 is 1.95 bits per heavy atom. The molecule has 1 atom stereocenters. The molecule has 0 saturated heterocycles. The zero-order chi connectivity index (χ0) is 28.1. The first-order valence-electron chi connectivity index (χ1n) is 12.4. The minimum Gasteiger partial charge on any atom is -0.493 e. The van der Waals surface area contributed by atoms with Gasteiger partial charge in [0.2, 0.25) is 0 Å². The van der Waals surface area contributed by atoms with Gasteiger partial charge in [0, 0.05) is 0 Å². The van der Waals surface area contributed by atoms with Crippen molar-refractivity contribution in [1.29, 1.82) is 5.26 Å². The summed E-state index contributed by atoms with van der Waals surface area (Å²) < 4.78 is 24.1. The fourth-order valence-electron chi connectivity index (χ4n) is 4.24. The first kappa shape index (κ1) is 27.7. The van der Waals surface area contributed by atoms with Crippen LogP contribution in [0.1, 0.15) is 44.9 Å². The number of ether oxygens (including phenoxy) is 4. The van der Waals surface area contributed by atoms with Crippen LogP contribution in [0.4, 0.5) is 0 Å². The molecule has 0 N–H and O–H groups in total. The van der Waals surface area contributed by atoms with E-state index in [1.165, 1.54) is 15.9 Å². The summed E-state index contributed by atoms with van der Waals surface area (Å²) in [5, 5.41) is 8.70. The third-order valence-electron chi connectivity index (χ3n) is 5.86. The summed E-state index contributed by atoms with van der Waals surface area (Å²) in [4.78, 5) is 32.0. The number of nitriles is 1. The third kappa shape index (κ3) is 5.89. The van der Waals surface area contributed by atoms with Crippen molar-refractivity contribution in [2.45, 2.75) is 39.8 Å². The molecule has 3 aromatic rings. The van der Waals surface area contributed by atoms with Gasteiger partial charge in [-0.25, -0.2) is 9.79 Å². The second-order valence-electron chi connectivity index (χ2n) is 8.90. The van der Waals surface area contributed by atoms with Crippen LogP contribution in [0.5, 0.6) is 17.2 Å². The predicted molar refractivity (Wildman–Crippen MR) is 147 cm³/mol. The SMILES string of the molecule is CCOC(=O)C1=C(C)N=c2s/c(=C\c3ccc(OCC#N)cc3)c(=O)n2[C@@H]1c1ccc(OC(C)C)c(OC)c1. The van der Waals surface area contributed by atoms with Gasteiger partial charge in [0.05, 0.1) is 41.7 Å². The Morgan fingerprint density at radius 1 is 1.21 bits per heavy atom. The van der Waals surface area contributed by atoms with E-state index in [1.807, 2.05) is 26.0 Å². The second-order valence-corrected chi connectivity index (χ2v) is 9.90. The summed E-state index contributed by atoms with van der Waals surface area (Å²) in [5.74, 6) is 1.07. The number of benzene rings is 2. The van der Waals surface area contributed by atoms with Crippen LogP contribution in [0.25, 0.3) is 6.08 Å². The molecular weight excluding hydrogens is 518 g/mol. The smallest absolute Gasteiger partial charge is 0.338 e. The molecule has 0 unspecified atom stereocenters. The molecule has 2 heterocycles. The van der Waals surface area contributed by atoms with Crippen molar-refractivity contribution in [3.05, 3.63) is 84.5 Å². The molecule has 4 rings (SSSR count). The van der Waals surface area contributed by atoms with E-state index in [0.29, 0.717) is 37.8 Å². The lowest BCUT2D eigenvalue weighted by Crippen LogP contribution is -2.40. The number of allylic oxidation sites excluding steroid dienone is 1. The topological polar surface area (TPSA) is 112 Å². The number of fused-ring (bicyclic) bond motifs is 1. The van der Waals surface area contributed by atoms with Crippen LogP contribution in [-0.2, 0) is 9.53 Å². The lowest BCUT2D eigenvalue weighted by atomic mass is 9.95. The number of thiazole rings is 1. The number of aromatic nitrogens is 1. The zero-order valence-electron chi connectivity index (χ0n) is 22.4. The summed E-state index contributed by atoms with van der Waals surface area (Å²) in [7, 11) is 1.54. The standard InChI is InChI=1S/C29H29N3O6S/c1-6-36-28(34)25-18(4)31-29-32(26(25)20-9-12-22(38-17(2)3)23(16-20)35-5)27(33)24(39-29)15-19-7-10-21(11-8-19)37-14-13-30/h7-12,15-17,26H,6,14H2,1-5H3/b24-15-/t26-/m1/s1. The molecule has 0 bridgehead atoms. The Kier molecular flexibility index (Phi) is 8.52.